The normalized spacial score (nSPS) is 12.7. The number of amides is 2. The zero-order valence-electron chi connectivity index (χ0n) is 26.5. The van der Waals surface area contributed by atoms with Crippen molar-refractivity contribution in [3.63, 3.8) is 0 Å². The van der Waals surface area contributed by atoms with Gasteiger partial charge in [-0.05, 0) is 12.8 Å². The number of rotatable bonds is 29. The molecule has 0 bridgehead atoms. The first-order valence-corrected chi connectivity index (χ1v) is 15.1. The molecule has 0 saturated heterocycles. The van der Waals surface area contributed by atoms with Crippen molar-refractivity contribution >= 4 is 12.2 Å². The van der Waals surface area contributed by atoms with Crippen LogP contribution in [0.15, 0.2) is 0 Å². The molecule has 12 N–H and O–H groups in total. The highest BCUT2D eigenvalue weighted by molar-refractivity contribution is 5.67. The molecule has 0 heterocycles. The minimum absolute atomic E-state index is 0.253. The molecule has 0 unspecified atom stereocenters. The van der Waals surface area contributed by atoms with Crippen molar-refractivity contribution in [3.8, 4) is 0 Å². The number of unbranched alkanes of at least 4 members (excludes halogenated alkanes) is 3. The average Bonchev–Trinajstić information content (AvgIpc) is 3.10. The second-order valence-corrected chi connectivity index (χ2v) is 12.0. The molecule has 0 atom stereocenters. The maximum Gasteiger partial charge on any atom is 0.407 e. The molecule has 0 spiro atoms. The molecule has 0 aromatic rings. The molecule has 0 aliphatic heterocycles. The van der Waals surface area contributed by atoms with Crippen molar-refractivity contribution in [1.29, 1.82) is 0 Å². The molecule has 0 fully saturated rings. The van der Waals surface area contributed by atoms with Crippen LogP contribution in [0.25, 0.3) is 0 Å². The van der Waals surface area contributed by atoms with E-state index in [4.69, 9.17) is 18.9 Å². The molecular weight excluding hydrogens is 620 g/mol. The summed E-state index contributed by atoms with van der Waals surface area (Å²) in [5.41, 5.74) is -5.26. The van der Waals surface area contributed by atoms with Crippen LogP contribution < -0.4 is 10.6 Å². The van der Waals surface area contributed by atoms with Gasteiger partial charge in [-0.15, -0.1) is 0 Å². The summed E-state index contributed by atoms with van der Waals surface area (Å²) >= 11 is 0. The number of hydrogen-bond donors (Lipinski definition) is 12. The quantitative estimate of drug-likeness (QED) is 0.0335. The molecule has 46 heavy (non-hydrogen) atoms. The Morgan fingerprint density at radius 3 is 0.913 bits per heavy atom. The SMILES string of the molecule is O=C(NCCCCCCNC(=O)OCC(CO)(CO)COCC(CO)(CO)CO)OCC(CO)(CO)COCC(CO)(CO)CO. The van der Waals surface area contributed by atoms with E-state index >= 15 is 0 Å². The fraction of sp³-hybridized carbons (Fsp3) is 0.929. The van der Waals surface area contributed by atoms with Crippen LogP contribution in [0.2, 0.25) is 0 Å². The van der Waals surface area contributed by atoms with Crippen LogP contribution in [0.4, 0.5) is 9.59 Å². The third kappa shape index (κ3) is 15.8. The van der Waals surface area contributed by atoms with Crippen LogP contribution in [-0.2, 0) is 18.9 Å². The van der Waals surface area contributed by atoms with Crippen LogP contribution in [0.1, 0.15) is 25.7 Å². The Morgan fingerprint density at radius 2 is 0.652 bits per heavy atom. The van der Waals surface area contributed by atoms with E-state index in [2.05, 4.69) is 10.6 Å². The Balaban J connectivity index is 4.27. The third-order valence-electron chi connectivity index (χ3n) is 7.65. The van der Waals surface area contributed by atoms with E-state index in [1.165, 1.54) is 0 Å². The number of ether oxygens (including phenoxy) is 4. The topological polar surface area (TPSA) is 297 Å². The number of carbonyl (C=O) groups excluding carboxylic acids is 2. The first-order chi connectivity index (χ1) is 22.0. The Morgan fingerprint density at radius 1 is 0.391 bits per heavy atom. The molecule has 0 radical (unpaired) electrons. The molecule has 0 aliphatic carbocycles. The summed E-state index contributed by atoms with van der Waals surface area (Å²) in [5, 5.41) is 100. The van der Waals surface area contributed by atoms with Crippen LogP contribution in [0.3, 0.4) is 0 Å². The first-order valence-electron chi connectivity index (χ1n) is 15.1. The summed E-state index contributed by atoms with van der Waals surface area (Å²) in [6.45, 7) is -6.81. The number of carbonyl (C=O) groups is 2. The van der Waals surface area contributed by atoms with E-state index in [-0.39, 0.29) is 52.7 Å². The van der Waals surface area contributed by atoms with Crippen molar-refractivity contribution in [2.75, 3.05) is 119 Å². The third-order valence-corrected chi connectivity index (χ3v) is 7.65. The van der Waals surface area contributed by atoms with Gasteiger partial charge in [-0.2, -0.15) is 0 Å². The largest absolute Gasteiger partial charge is 0.449 e. The molecule has 18 heteroatoms. The van der Waals surface area contributed by atoms with Crippen molar-refractivity contribution in [2.24, 2.45) is 21.7 Å². The van der Waals surface area contributed by atoms with E-state index in [1.54, 1.807) is 0 Å². The van der Waals surface area contributed by atoms with Gasteiger partial charge in [0.2, 0.25) is 0 Å². The fourth-order valence-electron chi connectivity index (χ4n) is 3.61. The molecule has 0 saturated carbocycles. The molecule has 0 aromatic heterocycles. The second kappa shape index (κ2) is 24.2. The first kappa shape index (κ1) is 44.1. The lowest BCUT2D eigenvalue weighted by Crippen LogP contribution is -2.44. The monoisotopic (exact) mass is 676 g/mol. The van der Waals surface area contributed by atoms with Crippen LogP contribution in [0, 0.1) is 21.7 Å². The van der Waals surface area contributed by atoms with Gasteiger partial charge in [0, 0.05) is 13.1 Å². The summed E-state index contributed by atoms with van der Waals surface area (Å²) in [6, 6.07) is 0. The summed E-state index contributed by atoms with van der Waals surface area (Å²) in [4.78, 5) is 24.1. The predicted molar refractivity (Wildman–Crippen MR) is 159 cm³/mol. The smallest absolute Gasteiger partial charge is 0.407 e. The maximum absolute atomic E-state index is 12.1. The fourth-order valence-corrected chi connectivity index (χ4v) is 3.61. The predicted octanol–water partition coefficient (Wildman–Crippen LogP) is -4.10. The molecule has 0 rings (SSSR count). The Hall–Kier alpha value is -1.94. The van der Waals surface area contributed by atoms with Crippen LogP contribution in [0.5, 0.6) is 0 Å². The zero-order valence-corrected chi connectivity index (χ0v) is 26.5. The number of aliphatic hydroxyl groups is 10. The van der Waals surface area contributed by atoms with Gasteiger partial charge in [0.1, 0.15) is 13.2 Å². The van der Waals surface area contributed by atoms with Crippen molar-refractivity contribution in [3.05, 3.63) is 0 Å². The Kier molecular flexibility index (Phi) is 23.2. The molecule has 0 aliphatic rings. The lowest BCUT2D eigenvalue weighted by Gasteiger charge is -2.32. The number of alkyl carbamates (subject to hydrolysis) is 2. The standard InChI is InChI=1S/C28H56N2O16/c31-7-25(8-32,9-33)17-43-19-27(13-37,14-38)21-45-23(41)29-5-3-1-2-4-6-30-24(42)46-22-28(15-39,16-40)20-44-18-26(10-34,11-35)12-36/h31-40H,1-22H2,(H,29,41)(H,30,42). The highest BCUT2D eigenvalue weighted by Gasteiger charge is 2.36. The van der Waals surface area contributed by atoms with Gasteiger partial charge in [0.25, 0.3) is 0 Å². The number of hydrogen-bond acceptors (Lipinski definition) is 16. The van der Waals surface area contributed by atoms with Gasteiger partial charge < -0.3 is 80.6 Å². The van der Waals surface area contributed by atoms with Gasteiger partial charge >= 0.3 is 12.2 Å². The molecule has 18 nitrogen and oxygen atoms in total. The van der Waals surface area contributed by atoms with Crippen LogP contribution >= 0.6 is 0 Å². The lowest BCUT2D eigenvalue weighted by molar-refractivity contribution is -0.104. The highest BCUT2D eigenvalue weighted by atomic mass is 16.6. The molecular formula is C28H56N2O16. The van der Waals surface area contributed by atoms with Crippen molar-refractivity contribution in [1.82, 2.24) is 10.6 Å². The van der Waals surface area contributed by atoms with Crippen molar-refractivity contribution in [2.45, 2.75) is 25.7 Å². The van der Waals surface area contributed by atoms with Gasteiger partial charge in [-0.3, -0.25) is 0 Å². The molecule has 274 valence electrons. The minimum Gasteiger partial charge on any atom is -0.449 e. The average molecular weight is 677 g/mol. The van der Waals surface area contributed by atoms with E-state index in [0.29, 0.717) is 25.7 Å². The Labute approximate surface area is 268 Å². The Bertz CT molecular complexity index is 709. The van der Waals surface area contributed by atoms with Gasteiger partial charge in [0.15, 0.2) is 0 Å². The van der Waals surface area contributed by atoms with E-state index in [9.17, 15) is 60.7 Å². The number of nitrogens with one attached hydrogen (secondary N) is 2. The van der Waals surface area contributed by atoms with E-state index in [0.717, 1.165) is 0 Å². The lowest BCUT2D eigenvalue weighted by atomic mass is 9.90. The molecule has 2 amide bonds. The summed E-state index contributed by atoms with van der Waals surface area (Å²) in [5.74, 6) is 0. The van der Waals surface area contributed by atoms with Gasteiger partial charge in [-0.25, -0.2) is 9.59 Å². The molecule has 0 aromatic carbocycles. The summed E-state index contributed by atoms with van der Waals surface area (Å²) < 4.78 is 21.0. The number of aliphatic hydroxyl groups excluding tert-OH is 10. The summed E-state index contributed by atoms with van der Waals surface area (Å²) in [6.07, 6.45) is 1.06. The highest BCUT2D eigenvalue weighted by Crippen LogP contribution is 2.22. The van der Waals surface area contributed by atoms with Gasteiger partial charge in [0.05, 0.1) is 114 Å². The van der Waals surface area contributed by atoms with E-state index in [1.807, 2.05) is 0 Å². The van der Waals surface area contributed by atoms with Crippen molar-refractivity contribution < 1.29 is 79.6 Å². The van der Waals surface area contributed by atoms with E-state index < -0.39 is 99.9 Å². The van der Waals surface area contributed by atoms with Crippen LogP contribution in [-0.4, -0.2) is 182 Å². The second-order valence-electron chi connectivity index (χ2n) is 12.0. The summed E-state index contributed by atoms with van der Waals surface area (Å²) in [7, 11) is 0. The minimum atomic E-state index is -1.34. The maximum atomic E-state index is 12.1. The zero-order chi connectivity index (χ0) is 35.0. The van der Waals surface area contributed by atoms with Gasteiger partial charge in [-0.1, -0.05) is 12.8 Å².